The van der Waals surface area contributed by atoms with Crippen LogP contribution in [0.15, 0.2) is 18.5 Å². The molecule has 8 heteroatoms. The maximum Gasteiger partial charge on any atom is 0.313 e. The highest BCUT2D eigenvalue weighted by atomic mass is 16.3. The molecule has 0 aromatic carbocycles. The molecule has 3 rings (SSSR count). The van der Waals surface area contributed by atoms with Gasteiger partial charge in [0, 0.05) is 18.8 Å². The van der Waals surface area contributed by atoms with Gasteiger partial charge in [-0.05, 0) is 56.4 Å². The van der Waals surface area contributed by atoms with Gasteiger partial charge in [-0.25, -0.2) is 0 Å². The molecule has 0 spiro atoms. The van der Waals surface area contributed by atoms with Crippen molar-refractivity contribution >= 4 is 23.4 Å². The Morgan fingerprint density at radius 2 is 1.86 bits per heavy atom. The standard InChI is InChI=1S/C20H28N4O4/c1-12-2-7-17(13-3-5-16(25)6-4-13)24(11-12)20(28)19(27)23-15-8-14(18(21)26)9-22-10-15/h8-10,12-13,16-17,25H,2-7,11H2,1H3,(H2,21,26)(H,23,27)/t12-,13?,16?,17+/m1/s1. The number of carbonyl (C=O) groups excluding carboxylic acids is 3. The molecule has 0 bridgehead atoms. The lowest BCUT2D eigenvalue weighted by molar-refractivity contribution is -0.148. The van der Waals surface area contributed by atoms with Crippen molar-refractivity contribution in [2.45, 2.75) is 57.6 Å². The monoisotopic (exact) mass is 388 g/mol. The lowest BCUT2D eigenvalue weighted by Crippen LogP contribution is -2.53. The minimum atomic E-state index is -0.738. The summed E-state index contributed by atoms with van der Waals surface area (Å²) in [7, 11) is 0. The fourth-order valence-electron chi connectivity index (χ4n) is 4.34. The van der Waals surface area contributed by atoms with E-state index in [-0.39, 0.29) is 23.4 Å². The quantitative estimate of drug-likeness (QED) is 0.673. The van der Waals surface area contributed by atoms with Crippen molar-refractivity contribution in [1.82, 2.24) is 9.88 Å². The lowest BCUT2D eigenvalue weighted by atomic mass is 9.77. The Kier molecular flexibility index (Phi) is 6.28. The second-order valence-corrected chi connectivity index (χ2v) is 8.06. The van der Waals surface area contributed by atoms with Crippen molar-refractivity contribution in [3.63, 3.8) is 0 Å². The van der Waals surface area contributed by atoms with Gasteiger partial charge in [0.05, 0.1) is 23.6 Å². The van der Waals surface area contributed by atoms with Crippen LogP contribution in [0.25, 0.3) is 0 Å². The molecule has 2 heterocycles. The van der Waals surface area contributed by atoms with Crippen LogP contribution in [0.5, 0.6) is 0 Å². The molecule has 3 amide bonds. The van der Waals surface area contributed by atoms with Gasteiger partial charge in [-0.15, -0.1) is 0 Å². The number of aromatic nitrogens is 1. The first-order chi connectivity index (χ1) is 13.3. The second kappa shape index (κ2) is 8.68. The average Bonchev–Trinajstić information content (AvgIpc) is 2.68. The number of aliphatic hydroxyl groups is 1. The summed E-state index contributed by atoms with van der Waals surface area (Å²) in [6.45, 7) is 2.63. The molecule has 8 nitrogen and oxygen atoms in total. The molecule has 1 aromatic rings. The molecule has 1 aromatic heterocycles. The SMILES string of the molecule is C[C@@H]1CC[C@@H](C2CCC(O)CC2)N(C(=O)C(=O)Nc2cncc(C(N)=O)c2)C1. The van der Waals surface area contributed by atoms with Crippen LogP contribution in [-0.2, 0) is 9.59 Å². The lowest BCUT2D eigenvalue weighted by Gasteiger charge is -2.44. The Labute approximate surface area is 164 Å². The number of rotatable bonds is 3. The van der Waals surface area contributed by atoms with E-state index in [0.29, 0.717) is 18.4 Å². The van der Waals surface area contributed by atoms with Crippen LogP contribution in [0.2, 0.25) is 0 Å². The molecule has 1 saturated heterocycles. The van der Waals surface area contributed by atoms with E-state index in [9.17, 15) is 19.5 Å². The number of hydrogen-bond donors (Lipinski definition) is 3. The summed E-state index contributed by atoms with van der Waals surface area (Å²) in [4.78, 5) is 42.4. The van der Waals surface area contributed by atoms with Gasteiger partial charge >= 0.3 is 11.8 Å². The van der Waals surface area contributed by atoms with E-state index >= 15 is 0 Å². The van der Waals surface area contributed by atoms with Crippen molar-refractivity contribution in [3.8, 4) is 0 Å². The molecule has 1 aliphatic heterocycles. The fraction of sp³-hybridized carbons (Fsp3) is 0.600. The summed E-state index contributed by atoms with van der Waals surface area (Å²) in [6, 6.07) is 1.43. The van der Waals surface area contributed by atoms with Gasteiger partial charge in [0.15, 0.2) is 0 Å². The van der Waals surface area contributed by atoms with Crippen molar-refractivity contribution in [2.24, 2.45) is 17.6 Å². The number of aliphatic hydroxyl groups excluding tert-OH is 1. The van der Waals surface area contributed by atoms with E-state index in [1.165, 1.54) is 18.5 Å². The topological polar surface area (TPSA) is 126 Å². The number of piperidine rings is 1. The largest absolute Gasteiger partial charge is 0.393 e. The maximum atomic E-state index is 12.9. The molecule has 0 unspecified atom stereocenters. The molecule has 1 aliphatic carbocycles. The fourth-order valence-corrected chi connectivity index (χ4v) is 4.34. The highest BCUT2D eigenvalue weighted by molar-refractivity contribution is 6.39. The van der Waals surface area contributed by atoms with Gasteiger partial charge in [-0.2, -0.15) is 0 Å². The highest BCUT2D eigenvalue weighted by Crippen LogP contribution is 2.35. The van der Waals surface area contributed by atoms with Crippen molar-refractivity contribution in [3.05, 3.63) is 24.0 Å². The molecule has 1 saturated carbocycles. The van der Waals surface area contributed by atoms with Gasteiger partial charge in [0.2, 0.25) is 5.91 Å². The van der Waals surface area contributed by atoms with Gasteiger partial charge in [0.1, 0.15) is 0 Å². The van der Waals surface area contributed by atoms with Crippen LogP contribution in [0.3, 0.4) is 0 Å². The Hall–Kier alpha value is -2.48. The number of nitrogens with one attached hydrogen (secondary N) is 1. The third-order valence-corrected chi connectivity index (χ3v) is 5.89. The van der Waals surface area contributed by atoms with Crippen LogP contribution >= 0.6 is 0 Å². The third-order valence-electron chi connectivity index (χ3n) is 5.89. The third kappa shape index (κ3) is 4.67. The molecular formula is C20H28N4O4. The number of hydrogen-bond acceptors (Lipinski definition) is 5. The first-order valence-corrected chi connectivity index (χ1v) is 9.90. The van der Waals surface area contributed by atoms with E-state index in [4.69, 9.17) is 5.73 Å². The predicted molar refractivity (Wildman–Crippen MR) is 103 cm³/mol. The number of nitrogens with two attached hydrogens (primary N) is 1. The zero-order valence-corrected chi connectivity index (χ0v) is 16.1. The molecular weight excluding hydrogens is 360 g/mol. The summed E-state index contributed by atoms with van der Waals surface area (Å²) in [5.74, 6) is -1.31. The van der Waals surface area contributed by atoms with Gasteiger partial charge in [-0.3, -0.25) is 19.4 Å². The highest BCUT2D eigenvalue weighted by Gasteiger charge is 2.38. The minimum Gasteiger partial charge on any atom is -0.393 e. The van der Waals surface area contributed by atoms with Gasteiger partial charge < -0.3 is 21.1 Å². The van der Waals surface area contributed by atoms with Crippen molar-refractivity contribution in [1.29, 1.82) is 0 Å². The van der Waals surface area contributed by atoms with Crippen LogP contribution in [0.4, 0.5) is 5.69 Å². The van der Waals surface area contributed by atoms with E-state index in [0.717, 1.165) is 38.5 Å². The number of anilines is 1. The van der Waals surface area contributed by atoms with E-state index < -0.39 is 17.7 Å². The predicted octanol–water partition coefficient (Wildman–Crippen LogP) is 1.30. The zero-order valence-electron chi connectivity index (χ0n) is 16.1. The van der Waals surface area contributed by atoms with E-state index in [1.54, 1.807) is 4.90 Å². The normalized spacial score (nSPS) is 27.9. The summed E-state index contributed by atoms with van der Waals surface area (Å²) >= 11 is 0. The van der Waals surface area contributed by atoms with Crippen LogP contribution in [-0.4, -0.2) is 51.4 Å². The number of pyridine rings is 1. The molecule has 2 fully saturated rings. The summed E-state index contributed by atoms with van der Waals surface area (Å²) in [6.07, 6.45) is 7.56. The Balaban J connectivity index is 1.71. The van der Waals surface area contributed by atoms with Crippen LogP contribution in [0.1, 0.15) is 55.8 Å². The molecule has 152 valence electrons. The summed E-state index contributed by atoms with van der Waals surface area (Å²) in [5, 5.41) is 12.3. The summed E-state index contributed by atoms with van der Waals surface area (Å²) < 4.78 is 0. The first-order valence-electron chi connectivity index (χ1n) is 9.90. The van der Waals surface area contributed by atoms with Gasteiger partial charge in [-0.1, -0.05) is 6.92 Å². The molecule has 4 N–H and O–H groups in total. The minimum absolute atomic E-state index is 0.0250. The Morgan fingerprint density at radius 3 is 2.54 bits per heavy atom. The Bertz CT molecular complexity index is 745. The zero-order chi connectivity index (χ0) is 20.3. The van der Waals surface area contributed by atoms with Gasteiger partial charge in [0.25, 0.3) is 0 Å². The van der Waals surface area contributed by atoms with Crippen LogP contribution in [0, 0.1) is 11.8 Å². The van der Waals surface area contributed by atoms with Crippen molar-refractivity contribution in [2.75, 3.05) is 11.9 Å². The maximum absolute atomic E-state index is 12.9. The molecule has 28 heavy (non-hydrogen) atoms. The molecule has 2 aliphatic rings. The Morgan fingerprint density at radius 1 is 1.14 bits per heavy atom. The second-order valence-electron chi connectivity index (χ2n) is 8.06. The van der Waals surface area contributed by atoms with E-state index in [1.807, 2.05) is 0 Å². The van der Waals surface area contributed by atoms with E-state index in [2.05, 4.69) is 17.2 Å². The molecule has 0 radical (unpaired) electrons. The average molecular weight is 388 g/mol. The number of nitrogens with zero attached hydrogens (tertiary/aromatic N) is 2. The number of amides is 3. The first kappa shape index (κ1) is 20.3. The number of primary amides is 1. The molecule has 2 atom stereocenters. The van der Waals surface area contributed by atoms with Crippen LogP contribution < -0.4 is 11.1 Å². The number of likely N-dealkylation sites (tertiary alicyclic amines) is 1. The number of carbonyl (C=O) groups is 3. The summed E-state index contributed by atoms with van der Waals surface area (Å²) in [5.41, 5.74) is 5.65. The van der Waals surface area contributed by atoms with Crippen molar-refractivity contribution < 1.29 is 19.5 Å². The smallest absolute Gasteiger partial charge is 0.313 e.